The molecule has 0 bridgehead atoms. The first-order valence-electron chi connectivity index (χ1n) is 12.8. The van der Waals surface area contributed by atoms with Gasteiger partial charge in [0.15, 0.2) is 0 Å². The standard InChI is InChI=1S/C31H28ClN5O/c1-3-26-25-20-36(31(38)33-27-19-23(32)17-16-21(27)2)29(22-11-6-4-7-12-22)28-15-10-18-35(28)30(25)37(34-26)24-13-8-5-9-14-24/h4-19,29H,3,20H2,1-2H3,(H,33,38)/t29-/m1/s1. The molecule has 1 atom stereocenters. The molecular weight excluding hydrogens is 494 g/mol. The van der Waals surface area contributed by atoms with Crippen molar-refractivity contribution in [1.29, 1.82) is 0 Å². The molecule has 0 unspecified atom stereocenters. The van der Waals surface area contributed by atoms with Crippen LogP contribution in [0, 0.1) is 6.92 Å². The molecule has 5 aromatic rings. The number of hydrogen-bond donors (Lipinski definition) is 1. The lowest BCUT2D eigenvalue weighted by molar-refractivity contribution is 0.194. The second-order valence-corrected chi connectivity index (χ2v) is 9.92. The minimum Gasteiger partial charge on any atom is -0.307 e. The van der Waals surface area contributed by atoms with E-state index in [-0.39, 0.29) is 12.1 Å². The quantitative estimate of drug-likeness (QED) is 0.269. The number of fused-ring (bicyclic) bond motifs is 3. The lowest BCUT2D eigenvalue weighted by Crippen LogP contribution is -2.38. The van der Waals surface area contributed by atoms with Crippen LogP contribution in [0.3, 0.4) is 0 Å². The van der Waals surface area contributed by atoms with Crippen molar-refractivity contribution in [3.05, 3.63) is 130 Å². The number of para-hydroxylation sites is 1. The maximum absolute atomic E-state index is 14.1. The van der Waals surface area contributed by atoms with Crippen LogP contribution in [0.2, 0.25) is 5.02 Å². The molecule has 38 heavy (non-hydrogen) atoms. The Morgan fingerprint density at radius 2 is 1.74 bits per heavy atom. The van der Waals surface area contributed by atoms with Crippen LogP contribution >= 0.6 is 11.6 Å². The van der Waals surface area contributed by atoms with Gasteiger partial charge in [-0.15, -0.1) is 0 Å². The first-order chi connectivity index (χ1) is 18.5. The maximum Gasteiger partial charge on any atom is 0.322 e. The highest BCUT2D eigenvalue weighted by Gasteiger charge is 2.36. The van der Waals surface area contributed by atoms with Crippen molar-refractivity contribution in [1.82, 2.24) is 19.2 Å². The van der Waals surface area contributed by atoms with Crippen LogP contribution < -0.4 is 5.32 Å². The van der Waals surface area contributed by atoms with E-state index in [2.05, 4.69) is 53.3 Å². The fraction of sp³-hybridized carbons (Fsp3) is 0.161. The van der Waals surface area contributed by atoms with Crippen LogP contribution in [0.1, 0.15) is 41.0 Å². The maximum atomic E-state index is 14.1. The van der Waals surface area contributed by atoms with Gasteiger partial charge in [0.05, 0.1) is 29.7 Å². The monoisotopic (exact) mass is 521 g/mol. The molecule has 0 aliphatic carbocycles. The molecule has 0 fully saturated rings. The second-order valence-electron chi connectivity index (χ2n) is 9.48. The zero-order valence-electron chi connectivity index (χ0n) is 21.3. The summed E-state index contributed by atoms with van der Waals surface area (Å²) in [5.74, 6) is 0.961. The molecule has 2 amide bonds. The van der Waals surface area contributed by atoms with Crippen molar-refractivity contribution in [2.45, 2.75) is 32.9 Å². The van der Waals surface area contributed by atoms with E-state index in [1.54, 1.807) is 6.07 Å². The number of halogens is 1. The summed E-state index contributed by atoms with van der Waals surface area (Å²) >= 11 is 6.28. The van der Waals surface area contributed by atoms with Crippen LogP contribution in [-0.4, -0.2) is 25.3 Å². The molecule has 1 aliphatic rings. The summed E-state index contributed by atoms with van der Waals surface area (Å²) in [5.41, 5.74) is 6.65. The largest absolute Gasteiger partial charge is 0.322 e. The number of aryl methyl sites for hydroxylation is 2. The normalized spacial score (nSPS) is 14.5. The predicted molar refractivity (Wildman–Crippen MR) is 151 cm³/mol. The summed E-state index contributed by atoms with van der Waals surface area (Å²) in [7, 11) is 0. The third-order valence-electron chi connectivity index (χ3n) is 7.12. The Balaban J connectivity index is 1.55. The molecule has 3 aromatic carbocycles. The van der Waals surface area contributed by atoms with Crippen LogP contribution in [0.5, 0.6) is 0 Å². The third-order valence-corrected chi connectivity index (χ3v) is 7.36. The van der Waals surface area contributed by atoms with E-state index < -0.39 is 0 Å². The highest BCUT2D eigenvalue weighted by atomic mass is 35.5. The predicted octanol–water partition coefficient (Wildman–Crippen LogP) is 7.32. The number of rotatable bonds is 4. The lowest BCUT2D eigenvalue weighted by atomic mass is 10.0. The van der Waals surface area contributed by atoms with Crippen molar-refractivity contribution in [2.75, 3.05) is 5.32 Å². The topological polar surface area (TPSA) is 55.1 Å². The van der Waals surface area contributed by atoms with Gasteiger partial charge in [0.25, 0.3) is 0 Å². The molecule has 0 spiro atoms. The zero-order valence-corrected chi connectivity index (χ0v) is 22.1. The van der Waals surface area contributed by atoms with Crippen LogP contribution in [-0.2, 0) is 13.0 Å². The molecule has 3 heterocycles. The van der Waals surface area contributed by atoms with E-state index in [1.165, 1.54) is 0 Å². The smallest absolute Gasteiger partial charge is 0.307 e. The van der Waals surface area contributed by atoms with Gasteiger partial charge in [0.1, 0.15) is 5.82 Å². The molecule has 0 saturated carbocycles. The van der Waals surface area contributed by atoms with Gasteiger partial charge in [-0.25, -0.2) is 9.48 Å². The Hall–Kier alpha value is -4.29. The summed E-state index contributed by atoms with van der Waals surface area (Å²) in [5, 5.41) is 8.74. The number of carbonyl (C=O) groups excluding carboxylic acids is 1. The average Bonchev–Trinajstić information content (AvgIpc) is 3.52. The SMILES string of the molecule is CCc1nn(-c2ccccc2)c2c1CN(C(=O)Nc1cc(Cl)ccc1C)[C@H](c1ccccc1)c1cccn1-2. The number of nitrogens with zero attached hydrogens (tertiary/aromatic N) is 4. The number of aromatic nitrogens is 3. The number of hydrogen-bond acceptors (Lipinski definition) is 2. The molecule has 2 aromatic heterocycles. The first kappa shape index (κ1) is 24.1. The Bertz CT molecular complexity index is 1610. The summed E-state index contributed by atoms with van der Waals surface area (Å²) in [6.07, 6.45) is 2.81. The summed E-state index contributed by atoms with van der Waals surface area (Å²) in [6, 6.07) is 29.5. The number of amides is 2. The summed E-state index contributed by atoms with van der Waals surface area (Å²) in [6.45, 7) is 4.47. The highest BCUT2D eigenvalue weighted by Crippen LogP contribution is 2.39. The van der Waals surface area contributed by atoms with E-state index >= 15 is 0 Å². The zero-order chi connectivity index (χ0) is 26.2. The molecule has 190 valence electrons. The fourth-order valence-electron chi connectivity index (χ4n) is 5.25. The van der Waals surface area contributed by atoms with Gasteiger partial charge in [0.2, 0.25) is 0 Å². The Kier molecular flexibility index (Phi) is 6.26. The molecule has 1 aliphatic heterocycles. The van der Waals surface area contributed by atoms with E-state index in [0.717, 1.165) is 46.0 Å². The van der Waals surface area contributed by atoms with Crippen molar-refractivity contribution in [3.8, 4) is 11.5 Å². The number of urea groups is 1. The molecular formula is C31H28ClN5O. The molecule has 7 heteroatoms. The van der Waals surface area contributed by atoms with Crippen LogP contribution in [0.15, 0.2) is 97.2 Å². The molecule has 6 rings (SSSR count). The lowest BCUT2D eigenvalue weighted by Gasteiger charge is -2.31. The minimum atomic E-state index is -0.313. The van der Waals surface area contributed by atoms with Crippen molar-refractivity contribution < 1.29 is 4.79 Å². The van der Waals surface area contributed by atoms with Crippen molar-refractivity contribution in [2.24, 2.45) is 0 Å². The number of carbonyl (C=O) groups is 1. The summed E-state index contributed by atoms with van der Waals surface area (Å²) < 4.78 is 4.19. The van der Waals surface area contributed by atoms with Crippen LogP contribution in [0.25, 0.3) is 11.5 Å². The molecule has 6 nitrogen and oxygen atoms in total. The van der Waals surface area contributed by atoms with Gasteiger partial charge in [-0.3, -0.25) is 0 Å². The van der Waals surface area contributed by atoms with Gasteiger partial charge in [0, 0.05) is 22.5 Å². The van der Waals surface area contributed by atoms with Gasteiger partial charge in [-0.1, -0.05) is 73.1 Å². The molecule has 0 saturated heterocycles. The minimum absolute atomic E-state index is 0.195. The first-order valence-corrected chi connectivity index (χ1v) is 13.2. The summed E-state index contributed by atoms with van der Waals surface area (Å²) in [4.78, 5) is 16.0. The van der Waals surface area contributed by atoms with E-state index in [9.17, 15) is 4.79 Å². The van der Waals surface area contributed by atoms with E-state index in [0.29, 0.717) is 17.3 Å². The fourth-order valence-corrected chi connectivity index (χ4v) is 5.42. The Morgan fingerprint density at radius 3 is 2.47 bits per heavy atom. The number of anilines is 1. The average molecular weight is 522 g/mol. The molecule has 0 radical (unpaired) electrons. The van der Waals surface area contributed by atoms with Gasteiger partial charge < -0.3 is 14.8 Å². The van der Waals surface area contributed by atoms with Crippen LogP contribution in [0.4, 0.5) is 10.5 Å². The van der Waals surface area contributed by atoms with Crippen molar-refractivity contribution in [3.63, 3.8) is 0 Å². The van der Waals surface area contributed by atoms with Gasteiger partial charge in [-0.05, 0) is 60.9 Å². The number of benzene rings is 3. The van der Waals surface area contributed by atoms with Gasteiger partial charge in [-0.2, -0.15) is 5.10 Å². The van der Waals surface area contributed by atoms with E-state index in [4.69, 9.17) is 16.7 Å². The second kappa shape index (κ2) is 9.88. The molecule has 1 N–H and O–H groups in total. The highest BCUT2D eigenvalue weighted by molar-refractivity contribution is 6.31. The van der Waals surface area contributed by atoms with Gasteiger partial charge >= 0.3 is 6.03 Å². The number of nitrogens with one attached hydrogen (secondary N) is 1. The van der Waals surface area contributed by atoms with E-state index in [1.807, 2.05) is 71.1 Å². The van der Waals surface area contributed by atoms with Crippen molar-refractivity contribution >= 4 is 23.3 Å². The Morgan fingerprint density at radius 1 is 1.00 bits per heavy atom. The third kappa shape index (κ3) is 4.17. The Labute approximate surface area is 227 Å².